The molecule has 0 aromatic heterocycles. The van der Waals surface area contributed by atoms with Gasteiger partial charge in [-0.2, -0.15) is 0 Å². The first-order valence-electron chi connectivity index (χ1n) is 7.02. The molecule has 0 saturated carbocycles. The summed E-state index contributed by atoms with van der Waals surface area (Å²) in [5.41, 5.74) is 2.33. The van der Waals surface area contributed by atoms with E-state index in [4.69, 9.17) is 11.6 Å². The number of aryl methyl sites for hydroxylation is 2. The molecule has 2 aromatic rings. The molecule has 0 unspecified atom stereocenters. The Balaban J connectivity index is 0. The van der Waals surface area contributed by atoms with Crippen LogP contribution in [0.25, 0.3) is 0 Å². The van der Waals surface area contributed by atoms with Gasteiger partial charge in [0.15, 0.2) is 0 Å². The maximum Gasteiger partial charge on any atom is 0.123 e. The smallest absolute Gasteiger partial charge is 0.123 e. The molecule has 0 spiro atoms. The molecule has 0 nitrogen and oxygen atoms in total. The average molecular weight is 297 g/mol. The van der Waals surface area contributed by atoms with Crippen LogP contribution < -0.4 is 0 Å². The molecule has 0 aliphatic rings. The highest BCUT2D eigenvalue weighted by molar-refractivity contribution is 6.30. The van der Waals surface area contributed by atoms with Crippen LogP contribution >= 0.6 is 11.6 Å². The van der Waals surface area contributed by atoms with Crippen molar-refractivity contribution >= 4 is 11.6 Å². The van der Waals surface area contributed by atoms with Crippen molar-refractivity contribution in [1.29, 1.82) is 0 Å². The van der Waals surface area contributed by atoms with Crippen molar-refractivity contribution in [3.63, 3.8) is 0 Å². The molecule has 0 radical (unpaired) electrons. The van der Waals surface area contributed by atoms with Crippen LogP contribution in [0.15, 0.2) is 48.5 Å². The van der Waals surface area contributed by atoms with Gasteiger partial charge in [0.2, 0.25) is 0 Å². The summed E-state index contributed by atoms with van der Waals surface area (Å²) in [6, 6.07) is 14.1. The van der Waals surface area contributed by atoms with Gasteiger partial charge in [-0.3, -0.25) is 0 Å². The zero-order valence-electron chi connectivity index (χ0n) is 13.4. The van der Waals surface area contributed by atoms with E-state index in [2.05, 4.69) is 0 Å². The first-order chi connectivity index (χ1) is 9.58. The number of rotatable bonds is 0. The molecule has 0 fully saturated rings. The average Bonchev–Trinajstić information content (AvgIpc) is 2.50. The van der Waals surface area contributed by atoms with Gasteiger partial charge in [-0.1, -0.05) is 74.7 Å². The minimum atomic E-state index is -0.171. The van der Waals surface area contributed by atoms with Gasteiger partial charge in [0.1, 0.15) is 5.82 Å². The van der Waals surface area contributed by atoms with Crippen molar-refractivity contribution in [2.24, 2.45) is 0 Å². The molecule has 0 bridgehead atoms. The van der Waals surface area contributed by atoms with E-state index in [0.29, 0.717) is 0 Å². The lowest BCUT2D eigenvalue weighted by atomic mass is 10.2. The zero-order valence-corrected chi connectivity index (χ0v) is 14.1. The maximum absolute atomic E-state index is 12.1. The SMILES string of the molecule is CC.CC.Cc1ccc(Cl)cc1.Cc1ccc(F)cc1. The Morgan fingerprint density at radius 2 is 0.950 bits per heavy atom. The van der Waals surface area contributed by atoms with Crippen molar-refractivity contribution in [3.05, 3.63) is 70.5 Å². The van der Waals surface area contributed by atoms with Crippen LogP contribution in [0.4, 0.5) is 4.39 Å². The van der Waals surface area contributed by atoms with Crippen molar-refractivity contribution in [1.82, 2.24) is 0 Å². The summed E-state index contributed by atoms with van der Waals surface area (Å²) in [4.78, 5) is 0. The number of benzene rings is 2. The minimum absolute atomic E-state index is 0.171. The summed E-state index contributed by atoms with van der Waals surface area (Å²) in [6.45, 7) is 12.0. The number of hydrogen-bond acceptors (Lipinski definition) is 0. The van der Waals surface area contributed by atoms with Gasteiger partial charge >= 0.3 is 0 Å². The Kier molecular flexibility index (Phi) is 14.8. The summed E-state index contributed by atoms with van der Waals surface area (Å²) in [5.74, 6) is -0.171. The molecule has 20 heavy (non-hydrogen) atoms. The molecular weight excluding hydrogens is 271 g/mol. The fourth-order valence-corrected chi connectivity index (χ4v) is 1.19. The molecule has 0 aliphatic heterocycles. The van der Waals surface area contributed by atoms with E-state index >= 15 is 0 Å². The van der Waals surface area contributed by atoms with Crippen molar-refractivity contribution in [3.8, 4) is 0 Å². The molecule has 0 heterocycles. The van der Waals surface area contributed by atoms with E-state index in [1.165, 1.54) is 17.7 Å². The highest BCUT2D eigenvalue weighted by Gasteiger charge is 1.83. The van der Waals surface area contributed by atoms with E-state index in [-0.39, 0.29) is 5.82 Å². The Morgan fingerprint density at radius 3 is 1.20 bits per heavy atom. The highest BCUT2D eigenvalue weighted by atomic mass is 35.5. The van der Waals surface area contributed by atoms with Gasteiger partial charge in [-0.05, 0) is 38.1 Å². The Bertz CT molecular complexity index is 333. The summed E-state index contributed by atoms with van der Waals surface area (Å²) in [7, 11) is 0. The second kappa shape index (κ2) is 14.1. The second-order valence-electron chi connectivity index (χ2n) is 3.59. The first kappa shape index (κ1) is 21.0. The molecule has 2 rings (SSSR count). The third-order valence-corrected chi connectivity index (χ3v) is 2.27. The third-order valence-electron chi connectivity index (χ3n) is 2.02. The van der Waals surface area contributed by atoms with E-state index < -0.39 is 0 Å². The van der Waals surface area contributed by atoms with Crippen LogP contribution in [0, 0.1) is 19.7 Å². The standard InChI is InChI=1S/C7H7Cl.C7H7F.2C2H6/c2*1-6-2-4-7(8)5-3-6;2*1-2/h2*2-5H,1H3;2*1-2H3. The summed E-state index contributed by atoms with van der Waals surface area (Å²) >= 11 is 5.61. The zero-order chi connectivity index (χ0) is 16.0. The first-order valence-corrected chi connectivity index (χ1v) is 7.40. The van der Waals surface area contributed by atoms with Crippen LogP contribution in [0.1, 0.15) is 38.8 Å². The van der Waals surface area contributed by atoms with E-state index in [0.717, 1.165) is 10.6 Å². The quantitative estimate of drug-likeness (QED) is 0.499. The summed E-state index contributed by atoms with van der Waals surface area (Å²) in [6.07, 6.45) is 0. The molecular formula is C18H26ClF. The van der Waals surface area contributed by atoms with Crippen LogP contribution in [-0.2, 0) is 0 Å². The van der Waals surface area contributed by atoms with Crippen LogP contribution in [0.2, 0.25) is 5.02 Å². The molecule has 0 aliphatic carbocycles. The van der Waals surface area contributed by atoms with Gasteiger partial charge in [-0.25, -0.2) is 4.39 Å². The molecule has 2 aromatic carbocycles. The van der Waals surface area contributed by atoms with Gasteiger partial charge in [0.05, 0.1) is 0 Å². The normalized spacial score (nSPS) is 8.00. The fraction of sp³-hybridized carbons (Fsp3) is 0.333. The van der Waals surface area contributed by atoms with E-state index in [1.807, 2.05) is 65.8 Å². The summed E-state index contributed by atoms with van der Waals surface area (Å²) < 4.78 is 12.1. The molecule has 0 saturated heterocycles. The topological polar surface area (TPSA) is 0 Å². The molecule has 0 atom stereocenters. The lowest BCUT2D eigenvalue weighted by Crippen LogP contribution is -1.71. The number of halogens is 2. The monoisotopic (exact) mass is 296 g/mol. The van der Waals surface area contributed by atoms with Gasteiger partial charge in [-0.15, -0.1) is 0 Å². The summed E-state index contributed by atoms with van der Waals surface area (Å²) in [5, 5.41) is 0.801. The van der Waals surface area contributed by atoms with Gasteiger partial charge < -0.3 is 0 Å². The Morgan fingerprint density at radius 1 is 0.650 bits per heavy atom. The van der Waals surface area contributed by atoms with Crippen molar-refractivity contribution in [2.75, 3.05) is 0 Å². The Hall–Kier alpha value is -1.34. The van der Waals surface area contributed by atoms with Crippen molar-refractivity contribution < 1.29 is 4.39 Å². The van der Waals surface area contributed by atoms with E-state index in [1.54, 1.807) is 12.1 Å². The predicted octanol–water partition coefficient (Wildman–Crippen LogP) is 6.83. The van der Waals surface area contributed by atoms with Crippen molar-refractivity contribution in [2.45, 2.75) is 41.5 Å². The molecule has 0 N–H and O–H groups in total. The molecule has 2 heteroatoms. The van der Waals surface area contributed by atoms with Crippen LogP contribution in [-0.4, -0.2) is 0 Å². The largest absolute Gasteiger partial charge is 0.207 e. The highest BCUT2D eigenvalue weighted by Crippen LogP contribution is 2.07. The number of hydrogen-bond donors (Lipinski definition) is 0. The van der Waals surface area contributed by atoms with E-state index in [9.17, 15) is 4.39 Å². The Labute approximate surface area is 128 Å². The second-order valence-corrected chi connectivity index (χ2v) is 4.03. The molecule has 112 valence electrons. The minimum Gasteiger partial charge on any atom is -0.207 e. The van der Waals surface area contributed by atoms with Crippen LogP contribution in [0.5, 0.6) is 0 Å². The third kappa shape index (κ3) is 11.7. The lowest BCUT2D eigenvalue weighted by Gasteiger charge is -1.88. The predicted molar refractivity (Wildman–Crippen MR) is 90.0 cm³/mol. The molecule has 0 amide bonds. The fourth-order valence-electron chi connectivity index (χ4n) is 1.07. The van der Waals surface area contributed by atoms with Crippen LogP contribution in [0.3, 0.4) is 0 Å². The van der Waals surface area contributed by atoms with Gasteiger partial charge in [0, 0.05) is 5.02 Å². The maximum atomic E-state index is 12.1. The van der Waals surface area contributed by atoms with Gasteiger partial charge in [0.25, 0.3) is 0 Å². The lowest BCUT2D eigenvalue weighted by molar-refractivity contribution is 0.627.